The molecule has 2 rings (SSSR count). The van der Waals surface area contributed by atoms with Gasteiger partial charge in [-0.25, -0.2) is 0 Å². The largest absolute Gasteiger partial charge is 0.495 e. The van der Waals surface area contributed by atoms with Crippen LogP contribution in [0.3, 0.4) is 0 Å². The van der Waals surface area contributed by atoms with E-state index < -0.39 is 0 Å². The van der Waals surface area contributed by atoms with Crippen molar-refractivity contribution in [2.75, 3.05) is 19.9 Å². The number of rotatable bonds is 4. The Morgan fingerprint density at radius 2 is 2.11 bits per heavy atom. The van der Waals surface area contributed by atoms with E-state index in [0.717, 1.165) is 5.56 Å². The van der Waals surface area contributed by atoms with E-state index in [4.69, 9.17) is 10.5 Å². The quantitative estimate of drug-likeness (QED) is 0.873. The van der Waals surface area contributed by atoms with Crippen molar-refractivity contribution in [3.8, 4) is 5.75 Å². The highest BCUT2D eigenvalue weighted by Crippen LogP contribution is 2.26. The van der Waals surface area contributed by atoms with Gasteiger partial charge in [0.2, 0.25) is 0 Å². The fourth-order valence-corrected chi connectivity index (χ4v) is 2.64. The normalized spacial score (nSPS) is 10.2. The Bertz CT molecular complexity index is 580. The molecule has 1 aromatic carbocycles. The zero-order valence-electron chi connectivity index (χ0n) is 10.9. The highest BCUT2D eigenvalue weighted by atomic mass is 32.1. The lowest BCUT2D eigenvalue weighted by Crippen LogP contribution is -2.26. The molecule has 0 bridgehead atoms. The zero-order chi connectivity index (χ0) is 13.8. The number of amides is 1. The monoisotopic (exact) mass is 276 g/mol. The lowest BCUT2D eigenvalue weighted by Gasteiger charge is -2.18. The predicted molar refractivity (Wildman–Crippen MR) is 77.5 cm³/mol. The van der Waals surface area contributed by atoms with E-state index in [-0.39, 0.29) is 5.91 Å². The van der Waals surface area contributed by atoms with Crippen LogP contribution in [0.2, 0.25) is 0 Å². The van der Waals surface area contributed by atoms with E-state index in [1.54, 1.807) is 25.1 Å². The van der Waals surface area contributed by atoms with Gasteiger partial charge in [-0.15, -0.1) is 11.3 Å². The first kappa shape index (κ1) is 13.4. The van der Waals surface area contributed by atoms with E-state index >= 15 is 0 Å². The molecule has 5 heteroatoms. The number of nitrogen functional groups attached to an aromatic ring is 1. The van der Waals surface area contributed by atoms with Crippen LogP contribution in [-0.2, 0) is 6.54 Å². The maximum atomic E-state index is 12.3. The summed E-state index contributed by atoms with van der Waals surface area (Å²) in [6, 6.07) is 9.34. The third-order valence-corrected chi connectivity index (χ3v) is 3.74. The summed E-state index contributed by atoms with van der Waals surface area (Å²) < 4.78 is 5.17. The van der Waals surface area contributed by atoms with Crippen molar-refractivity contribution in [1.82, 2.24) is 4.90 Å². The number of benzene rings is 1. The number of methoxy groups -OCH3 is 1. The van der Waals surface area contributed by atoms with Gasteiger partial charge in [0.15, 0.2) is 0 Å². The number of ether oxygens (including phenoxy) is 1. The summed E-state index contributed by atoms with van der Waals surface area (Å²) in [5.74, 6) is 0.554. The molecule has 0 saturated carbocycles. The minimum Gasteiger partial charge on any atom is -0.495 e. The molecule has 0 aliphatic rings. The van der Waals surface area contributed by atoms with Crippen LogP contribution in [0.25, 0.3) is 0 Å². The van der Waals surface area contributed by atoms with Gasteiger partial charge in [0.05, 0.1) is 7.11 Å². The molecule has 1 aromatic heterocycles. The van der Waals surface area contributed by atoms with Gasteiger partial charge in [-0.1, -0.05) is 18.2 Å². The Balaban J connectivity index is 2.14. The maximum absolute atomic E-state index is 12.3. The fraction of sp³-hybridized carbons (Fsp3) is 0.214. The smallest absolute Gasteiger partial charge is 0.267 e. The Labute approximate surface area is 116 Å². The number of hydrogen-bond donors (Lipinski definition) is 1. The molecule has 0 aliphatic carbocycles. The summed E-state index contributed by atoms with van der Waals surface area (Å²) in [6.07, 6.45) is 0. The number of hydrogen-bond acceptors (Lipinski definition) is 4. The third kappa shape index (κ3) is 2.88. The summed E-state index contributed by atoms with van der Waals surface area (Å²) >= 11 is 1.38. The third-order valence-electron chi connectivity index (χ3n) is 2.85. The first-order valence-electron chi connectivity index (χ1n) is 5.83. The molecule has 4 nitrogen and oxygen atoms in total. The molecule has 1 amide bonds. The summed E-state index contributed by atoms with van der Waals surface area (Å²) in [6.45, 7) is 0.479. The van der Waals surface area contributed by atoms with Crippen LogP contribution in [-0.4, -0.2) is 25.0 Å². The van der Waals surface area contributed by atoms with Crippen LogP contribution in [0.1, 0.15) is 15.2 Å². The number of carbonyl (C=O) groups excluding carboxylic acids is 1. The molecule has 0 atom stereocenters. The topological polar surface area (TPSA) is 55.6 Å². The number of thiophene rings is 1. The fourth-order valence-electron chi connectivity index (χ4n) is 1.79. The van der Waals surface area contributed by atoms with E-state index in [1.807, 2.05) is 29.6 Å². The highest BCUT2D eigenvalue weighted by molar-refractivity contribution is 7.12. The number of nitrogens with zero attached hydrogens (tertiary/aromatic N) is 1. The molecule has 100 valence electrons. The van der Waals surface area contributed by atoms with Gasteiger partial charge in [0.25, 0.3) is 5.91 Å². The molecular formula is C14H16N2O2S. The van der Waals surface area contributed by atoms with Crippen LogP contribution in [0, 0.1) is 0 Å². The molecule has 0 unspecified atom stereocenters. The van der Waals surface area contributed by atoms with Crippen LogP contribution >= 0.6 is 11.3 Å². The predicted octanol–water partition coefficient (Wildman–Crippen LogP) is 2.61. The average Bonchev–Trinajstić information content (AvgIpc) is 2.88. The molecule has 0 spiro atoms. The molecule has 1 heterocycles. The van der Waals surface area contributed by atoms with Crippen molar-refractivity contribution in [3.63, 3.8) is 0 Å². The second kappa shape index (κ2) is 5.75. The molecule has 2 N–H and O–H groups in total. The summed E-state index contributed by atoms with van der Waals surface area (Å²) in [5.41, 5.74) is 7.52. The number of carbonyl (C=O) groups is 1. The maximum Gasteiger partial charge on any atom is 0.267 e. The van der Waals surface area contributed by atoms with E-state index in [0.29, 0.717) is 22.9 Å². The number of anilines is 1. The minimum atomic E-state index is -0.0601. The first-order valence-corrected chi connectivity index (χ1v) is 6.71. The number of para-hydroxylation sites is 1. The molecule has 0 radical (unpaired) electrons. The van der Waals surface area contributed by atoms with Crippen molar-refractivity contribution in [3.05, 3.63) is 46.2 Å². The van der Waals surface area contributed by atoms with E-state index in [1.165, 1.54) is 11.3 Å². The van der Waals surface area contributed by atoms with Crippen molar-refractivity contribution >= 4 is 22.9 Å². The average molecular weight is 276 g/mol. The Morgan fingerprint density at radius 1 is 1.37 bits per heavy atom. The van der Waals surface area contributed by atoms with E-state index in [9.17, 15) is 4.79 Å². The van der Waals surface area contributed by atoms with Crippen LogP contribution < -0.4 is 10.5 Å². The van der Waals surface area contributed by atoms with Crippen LogP contribution in [0.15, 0.2) is 35.7 Å². The Kier molecular flexibility index (Phi) is 4.06. The van der Waals surface area contributed by atoms with Crippen LogP contribution in [0.4, 0.5) is 5.69 Å². The van der Waals surface area contributed by atoms with Gasteiger partial charge in [-0.2, -0.15) is 0 Å². The van der Waals surface area contributed by atoms with Crippen LogP contribution in [0.5, 0.6) is 5.75 Å². The summed E-state index contributed by atoms with van der Waals surface area (Å²) in [5, 5.41) is 1.84. The first-order chi connectivity index (χ1) is 9.13. The standard InChI is InChI=1S/C14H16N2O2S/c1-16(9-10-5-3-4-6-11(10)15)14(17)13-12(18-2)7-8-19-13/h3-8H,9,15H2,1-2H3. The molecule has 2 aromatic rings. The second-order valence-corrected chi connectivity index (χ2v) is 5.09. The lowest BCUT2D eigenvalue weighted by atomic mass is 10.1. The summed E-state index contributed by atoms with van der Waals surface area (Å²) in [4.78, 5) is 14.6. The molecule has 0 saturated heterocycles. The van der Waals surface area contributed by atoms with Gasteiger partial charge >= 0.3 is 0 Å². The highest BCUT2D eigenvalue weighted by Gasteiger charge is 2.18. The Morgan fingerprint density at radius 3 is 2.79 bits per heavy atom. The van der Waals surface area contributed by atoms with Gasteiger partial charge in [0, 0.05) is 19.3 Å². The SMILES string of the molecule is COc1ccsc1C(=O)N(C)Cc1ccccc1N. The summed E-state index contributed by atoms with van der Waals surface area (Å²) in [7, 11) is 3.32. The van der Waals surface area contributed by atoms with Crippen molar-refractivity contribution in [1.29, 1.82) is 0 Å². The van der Waals surface area contributed by atoms with Crippen molar-refractivity contribution in [2.24, 2.45) is 0 Å². The van der Waals surface area contributed by atoms with Gasteiger partial charge in [0.1, 0.15) is 10.6 Å². The molecule has 19 heavy (non-hydrogen) atoms. The van der Waals surface area contributed by atoms with E-state index in [2.05, 4.69) is 0 Å². The molecule has 0 aliphatic heterocycles. The van der Waals surface area contributed by atoms with Crippen molar-refractivity contribution in [2.45, 2.75) is 6.54 Å². The minimum absolute atomic E-state index is 0.0601. The second-order valence-electron chi connectivity index (χ2n) is 4.18. The van der Waals surface area contributed by atoms with Crippen molar-refractivity contribution < 1.29 is 9.53 Å². The number of nitrogens with two attached hydrogens (primary N) is 1. The Hall–Kier alpha value is -2.01. The van der Waals surface area contributed by atoms with Gasteiger partial charge < -0.3 is 15.4 Å². The van der Waals surface area contributed by atoms with Gasteiger partial charge in [-0.3, -0.25) is 4.79 Å². The lowest BCUT2D eigenvalue weighted by molar-refractivity contribution is 0.0787. The van der Waals surface area contributed by atoms with Gasteiger partial charge in [-0.05, 0) is 23.1 Å². The zero-order valence-corrected chi connectivity index (χ0v) is 11.7. The molecule has 0 fully saturated rings. The molecular weight excluding hydrogens is 260 g/mol.